The highest BCUT2D eigenvalue weighted by Gasteiger charge is 2.21. The molecule has 0 bridgehead atoms. The summed E-state index contributed by atoms with van der Waals surface area (Å²) in [7, 11) is 0. The second-order valence-corrected chi connectivity index (χ2v) is 7.56. The summed E-state index contributed by atoms with van der Waals surface area (Å²) in [5.74, 6) is 0.00401. The van der Waals surface area contributed by atoms with Gasteiger partial charge in [0.1, 0.15) is 23.3 Å². The molecule has 0 saturated carbocycles. The molecular formula is C26H23FN2O3. The standard InChI is InChI=1S/C26H23FN2O3/c1-16-15-20(13-14-21(16)19-9-5-4-6-10-19)25-24(17(2)29-32-25)28-26(30)31-18(3)22-11-7-8-12-23(22)27/h4-15,18H,1-3H3,(H,28,30)/t18-/m1/s1. The van der Waals surface area contributed by atoms with Gasteiger partial charge in [0.05, 0.1) is 0 Å². The lowest BCUT2D eigenvalue weighted by Crippen LogP contribution is -2.17. The van der Waals surface area contributed by atoms with Crippen LogP contribution in [0.5, 0.6) is 0 Å². The molecule has 3 aromatic carbocycles. The van der Waals surface area contributed by atoms with Gasteiger partial charge in [0, 0.05) is 11.1 Å². The molecule has 1 N–H and O–H groups in total. The van der Waals surface area contributed by atoms with E-state index in [1.807, 2.05) is 43.3 Å². The first-order chi connectivity index (χ1) is 15.4. The third-order valence-corrected chi connectivity index (χ3v) is 5.29. The van der Waals surface area contributed by atoms with Crippen LogP contribution in [0.3, 0.4) is 0 Å². The average molecular weight is 430 g/mol. The first-order valence-corrected chi connectivity index (χ1v) is 10.3. The molecular weight excluding hydrogens is 407 g/mol. The fourth-order valence-electron chi connectivity index (χ4n) is 3.62. The van der Waals surface area contributed by atoms with Crippen molar-refractivity contribution in [3.8, 4) is 22.5 Å². The van der Waals surface area contributed by atoms with Crippen LogP contribution in [0, 0.1) is 19.7 Å². The zero-order valence-electron chi connectivity index (χ0n) is 18.1. The number of carbonyl (C=O) groups is 1. The summed E-state index contributed by atoms with van der Waals surface area (Å²) in [5, 5.41) is 6.71. The van der Waals surface area contributed by atoms with Gasteiger partial charge in [0.15, 0.2) is 5.76 Å². The first-order valence-electron chi connectivity index (χ1n) is 10.3. The lowest BCUT2D eigenvalue weighted by molar-refractivity contribution is 0.119. The maximum atomic E-state index is 14.0. The summed E-state index contributed by atoms with van der Waals surface area (Å²) in [6.45, 7) is 5.37. The van der Waals surface area contributed by atoms with Crippen LogP contribution in [-0.2, 0) is 4.74 Å². The highest BCUT2D eigenvalue weighted by molar-refractivity contribution is 5.91. The lowest BCUT2D eigenvalue weighted by atomic mass is 9.97. The monoisotopic (exact) mass is 430 g/mol. The Morgan fingerprint density at radius 1 is 1.00 bits per heavy atom. The molecule has 0 fully saturated rings. The van der Waals surface area contributed by atoms with Crippen molar-refractivity contribution in [1.82, 2.24) is 5.16 Å². The van der Waals surface area contributed by atoms with Crippen LogP contribution in [0.15, 0.2) is 77.3 Å². The molecule has 4 rings (SSSR count). The average Bonchev–Trinajstić information content (AvgIpc) is 3.14. The van der Waals surface area contributed by atoms with Gasteiger partial charge in [-0.25, -0.2) is 9.18 Å². The second-order valence-electron chi connectivity index (χ2n) is 7.56. The Kier molecular flexibility index (Phi) is 6.03. The number of hydrogen-bond acceptors (Lipinski definition) is 4. The van der Waals surface area contributed by atoms with Crippen molar-refractivity contribution in [3.63, 3.8) is 0 Å². The van der Waals surface area contributed by atoms with Crippen LogP contribution < -0.4 is 5.32 Å². The van der Waals surface area contributed by atoms with Crippen molar-refractivity contribution in [2.75, 3.05) is 5.32 Å². The van der Waals surface area contributed by atoms with Crippen LogP contribution in [0.25, 0.3) is 22.5 Å². The van der Waals surface area contributed by atoms with Gasteiger partial charge in [-0.3, -0.25) is 5.32 Å². The number of nitrogens with one attached hydrogen (secondary N) is 1. The van der Waals surface area contributed by atoms with Crippen molar-refractivity contribution in [1.29, 1.82) is 0 Å². The Morgan fingerprint density at radius 2 is 1.72 bits per heavy atom. The number of hydrogen-bond donors (Lipinski definition) is 1. The minimum atomic E-state index is -0.757. The second kappa shape index (κ2) is 9.06. The van der Waals surface area contributed by atoms with E-state index in [2.05, 4.69) is 22.6 Å². The summed E-state index contributed by atoms with van der Waals surface area (Å²) in [6.07, 6.45) is -1.47. The number of ether oxygens (including phenoxy) is 1. The maximum absolute atomic E-state index is 14.0. The first kappa shape index (κ1) is 21.3. The van der Waals surface area contributed by atoms with Crippen molar-refractivity contribution in [2.24, 2.45) is 0 Å². The molecule has 0 aliphatic carbocycles. The molecule has 4 aromatic rings. The number of amides is 1. The highest BCUT2D eigenvalue weighted by atomic mass is 19.1. The number of benzene rings is 3. The molecule has 1 aromatic heterocycles. The molecule has 1 atom stereocenters. The van der Waals surface area contributed by atoms with E-state index in [0.717, 1.165) is 22.3 Å². The van der Waals surface area contributed by atoms with Crippen molar-refractivity contribution < 1.29 is 18.4 Å². The third-order valence-electron chi connectivity index (χ3n) is 5.29. The van der Waals surface area contributed by atoms with Gasteiger partial charge in [-0.1, -0.05) is 65.8 Å². The lowest BCUT2D eigenvalue weighted by Gasteiger charge is -2.15. The molecule has 5 nitrogen and oxygen atoms in total. The molecule has 32 heavy (non-hydrogen) atoms. The van der Waals surface area contributed by atoms with Gasteiger partial charge in [-0.2, -0.15) is 0 Å². The van der Waals surface area contributed by atoms with E-state index in [0.29, 0.717) is 22.7 Å². The zero-order chi connectivity index (χ0) is 22.7. The van der Waals surface area contributed by atoms with Crippen molar-refractivity contribution in [2.45, 2.75) is 26.9 Å². The quantitative estimate of drug-likeness (QED) is 0.368. The van der Waals surface area contributed by atoms with E-state index in [4.69, 9.17) is 9.26 Å². The molecule has 1 heterocycles. The van der Waals surface area contributed by atoms with Gasteiger partial charge in [0.2, 0.25) is 0 Å². The van der Waals surface area contributed by atoms with Crippen LogP contribution in [0.1, 0.15) is 29.8 Å². The van der Waals surface area contributed by atoms with Gasteiger partial charge in [-0.05, 0) is 49.6 Å². The fraction of sp³-hybridized carbons (Fsp3) is 0.154. The van der Waals surface area contributed by atoms with E-state index >= 15 is 0 Å². The topological polar surface area (TPSA) is 64.4 Å². The Labute approximate surface area is 185 Å². The highest BCUT2D eigenvalue weighted by Crippen LogP contribution is 2.34. The summed E-state index contributed by atoms with van der Waals surface area (Å²) in [6, 6.07) is 22.2. The minimum Gasteiger partial charge on any atom is -0.441 e. The minimum absolute atomic E-state index is 0.303. The predicted molar refractivity (Wildman–Crippen MR) is 122 cm³/mol. The van der Waals surface area contributed by atoms with Crippen LogP contribution >= 0.6 is 0 Å². The van der Waals surface area contributed by atoms with Crippen LogP contribution in [0.4, 0.5) is 14.9 Å². The van der Waals surface area contributed by atoms with Crippen molar-refractivity contribution >= 4 is 11.8 Å². The number of carbonyl (C=O) groups excluding carboxylic acids is 1. The van der Waals surface area contributed by atoms with Gasteiger partial charge < -0.3 is 9.26 Å². The fourth-order valence-corrected chi connectivity index (χ4v) is 3.62. The molecule has 6 heteroatoms. The molecule has 0 spiro atoms. The van der Waals surface area contributed by atoms with Gasteiger partial charge >= 0.3 is 6.09 Å². The molecule has 0 radical (unpaired) electrons. The number of halogens is 1. The van der Waals surface area contributed by atoms with E-state index < -0.39 is 18.0 Å². The number of aryl methyl sites for hydroxylation is 2. The van der Waals surface area contributed by atoms with Crippen LogP contribution in [0.2, 0.25) is 0 Å². The molecule has 0 unspecified atom stereocenters. The largest absolute Gasteiger partial charge is 0.441 e. The van der Waals surface area contributed by atoms with E-state index in [9.17, 15) is 9.18 Å². The van der Waals surface area contributed by atoms with E-state index in [1.165, 1.54) is 6.07 Å². The molecule has 0 aliphatic rings. The third kappa shape index (κ3) is 4.39. The van der Waals surface area contributed by atoms with E-state index in [-0.39, 0.29) is 0 Å². The number of aromatic nitrogens is 1. The molecule has 162 valence electrons. The summed E-state index contributed by atoms with van der Waals surface area (Å²) >= 11 is 0. The van der Waals surface area contributed by atoms with Gasteiger partial charge in [0.25, 0.3) is 0 Å². The SMILES string of the molecule is Cc1cc(-c2onc(C)c2NC(=O)O[C@H](C)c2ccccc2F)ccc1-c1ccccc1. The summed E-state index contributed by atoms with van der Waals surface area (Å²) < 4.78 is 24.9. The number of nitrogens with zero attached hydrogens (tertiary/aromatic N) is 1. The summed E-state index contributed by atoms with van der Waals surface area (Å²) in [4.78, 5) is 12.5. The van der Waals surface area contributed by atoms with E-state index in [1.54, 1.807) is 32.0 Å². The maximum Gasteiger partial charge on any atom is 0.412 e. The van der Waals surface area contributed by atoms with Gasteiger partial charge in [-0.15, -0.1) is 0 Å². The number of rotatable bonds is 5. The Morgan fingerprint density at radius 3 is 2.44 bits per heavy atom. The zero-order valence-corrected chi connectivity index (χ0v) is 18.1. The Balaban J connectivity index is 1.55. The molecule has 1 amide bonds. The Hall–Kier alpha value is -3.93. The van der Waals surface area contributed by atoms with Crippen molar-refractivity contribution in [3.05, 3.63) is 95.4 Å². The Bertz CT molecular complexity index is 1250. The van der Waals surface area contributed by atoms with Crippen LogP contribution in [-0.4, -0.2) is 11.2 Å². The normalized spacial score (nSPS) is 11.8. The smallest absolute Gasteiger partial charge is 0.412 e. The number of anilines is 1. The molecule has 0 saturated heterocycles. The predicted octanol–water partition coefficient (Wildman–Crippen LogP) is 7.07. The summed E-state index contributed by atoms with van der Waals surface area (Å²) in [5.41, 5.74) is 5.30. The molecule has 0 aliphatic heterocycles.